The molecular formula is C21H27N5O2. The first kappa shape index (κ1) is 19.8. The van der Waals surface area contributed by atoms with Crippen LogP contribution in [-0.2, 0) is 11.2 Å². The molecule has 0 spiro atoms. The molecule has 2 heterocycles. The number of allylic oxidation sites excluding steroid dienone is 1. The lowest BCUT2D eigenvalue weighted by Gasteiger charge is -2.26. The predicted molar refractivity (Wildman–Crippen MR) is 111 cm³/mol. The third-order valence-electron chi connectivity index (χ3n) is 4.54. The fraction of sp³-hybridized carbons (Fsp3) is 0.429. The Morgan fingerprint density at radius 2 is 2.21 bits per heavy atom. The van der Waals surface area contributed by atoms with Crippen LogP contribution in [0.3, 0.4) is 0 Å². The number of carbonyl (C=O) groups is 1. The number of fused-ring (bicyclic) bond motifs is 1. The van der Waals surface area contributed by atoms with Crippen LogP contribution in [0.15, 0.2) is 29.7 Å². The maximum absolute atomic E-state index is 12.5. The second kappa shape index (κ2) is 7.96. The lowest BCUT2D eigenvalue weighted by atomic mass is 9.93. The number of rotatable bonds is 4. The summed E-state index contributed by atoms with van der Waals surface area (Å²) < 4.78 is 7.15. The number of hydrogen-bond donors (Lipinski definition) is 1. The van der Waals surface area contributed by atoms with E-state index in [2.05, 4.69) is 27.0 Å². The molecule has 0 aliphatic heterocycles. The monoisotopic (exact) mass is 381 g/mol. The van der Waals surface area contributed by atoms with Gasteiger partial charge in [0.25, 0.3) is 0 Å². The number of anilines is 1. The minimum Gasteiger partial charge on any atom is -0.443 e. The molecule has 0 bridgehead atoms. The number of nitrogens with zero attached hydrogens (tertiary/aromatic N) is 4. The van der Waals surface area contributed by atoms with Crippen molar-refractivity contribution in [2.45, 2.75) is 58.6 Å². The summed E-state index contributed by atoms with van der Waals surface area (Å²) in [4.78, 5) is 25.3. The van der Waals surface area contributed by atoms with E-state index in [1.54, 1.807) is 10.8 Å². The van der Waals surface area contributed by atoms with E-state index in [9.17, 15) is 4.79 Å². The van der Waals surface area contributed by atoms with Gasteiger partial charge in [0.1, 0.15) is 17.6 Å². The molecule has 28 heavy (non-hydrogen) atoms. The maximum atomic E-state index is 12.5. The van der Waals surface area contributed by atoms with Crippen molar-refractivity contribution in [3.63, 3.8) is 0 Å². The van der Waals surface area contributed by atoms with E-state index in [-0.39, 0.29) is 12.1 Å². The topological polar surface area (TPSA) is 81.4 Å². The van der Waals surface area contributed by atoms with E-state index in [1.165, 1.54) is 6.33 Å². The van der Waals surface area contributed by atoms with Crippen LogP contribution >= 0.6 is 0 Å². The van der Waals surface area contributed by atoms with E-state index in [4.69, 9.17) is 4.74 Å². The zero-order chi connectivity index (χ0) is 20.3. The minimum absolute atomic E-state index is 0.0290. The fourth-order valence-corrected chi connectivity index (χ4v) is 3.42. The fourth-order valence-electron chi connectivity index (χ4n) is 3.42. The molecule has 3 rings (SSSR count). The molecule has 0 amide bonds. The van der Waals surface area contributed by atoms with Gasteiger partial charge < -0.3 is 10.1 Å². The average molecular weight is 381 g/mol. The molecule has 2 aromatic heterocycles. The SMILES string of the molecule is C=Nc1c(/C=C\C)ncnc1NC1CCCc2c1ccn2C(=O)OC(C)(C)C. The number of aliphatic imine (C=N–C) groups is 1. The smallest absolute Gasteiger partial charge is 0.418 e. The summed E-state index contributed by atoms with van der Waals surface area (Å²) in [6, 6.07) is 2.01. The van der Waals surface area contributed by atoms with E-state index in [0.717, 1.165) is 36.2 Å². The molecule has 0 fully saturated rings. The molecule has 1 unspecified atom stereocenters. The molecule has 1 aliphatic rings. The molecule has 1 atom stereocenters. The summed E-state index contributed by atoms with van der Waals surface area (Å²) in [6.07, 6.45) is 9.47. The van der Waals surface area contributed by atoms with E-state index in [0.29, 0.717) is 11.5 Å². The van der Waals surface area contributed by atoms with Crippen molar-refractivity contribution in [3.05, 3.63) is 41.6 Å². The Bertz CT molecular complexity index is 908. The van der Waals surface area contributed by atoms with Crippen LogP contribution in [0, 0.1) is 0 Å². The Hall–Kier alpha value is -2.96. The zero-order valence-corrected chi connectivity index (χ0v) is 16.9. The van der Waals surface area contributed by atoms with E-state index >= 15 is 0 Å². The molecule has 0 saturated carbocycles. The van der Waals surface area contributed by atoms with Gasteiger partial charge in [0.2, 0.25) is 0 Å². The van der Waals surface area contributed by atoms with Gasteiger partial charge in [-0.25, -0.2) is 14.8 Å². The highest BCUT2D eigenvalue weighted by Gasteiger charge is 2.28. The second-order valence-corrected chi connectivity index (χ2v) is 7.77. The maximum Gasteiger partial charge on any atom is 0.418 e. The number of nitrogens with one attached hydrogen (secondary N) is 1. The molecular weight excluding hydrogens is 354 g/mol. The molecule has 7 heteroatoms. The summed E-state index contributed by atoms with van der Waals surface area (Å²) >= 11 is 0. The summed E-state index contributed by atoms with van der Waals surface area (Å²) in [5.74, 6) is 0.640. The van der Waals surface area contributed by atoms with Crippen molar-refractivity contribution in [1.29, 1.82) is 0 Å². The Labute approximate surface area is 165 Å². The lowest BCUT2D eigenvalue weighted by molar-refractivity contribution is 0.0532. The number of hydrogen-bond acceptors (Lipinski definition) is 6. The van der Waals surface area contributed by atoms with Gasteiger partial charge in [-0.05, 0) is 71.4 Å². The lowest BCUT2D eigenvalue weighted by Crippen LogP contribution is -2.28. The second-order valence-electron chi connectivity index (χ2n) is 7.77. The van der Waals surface area contributed by atoms with Crippen LogP contribution < -0.4 is 5.32 Å². The summed E-state index contributed by atoms with van der Waals surface area (Å²) in [6.45, 7) is 11.2. The number of carbonyl (C=O) groups excluding carboxylic acids is 1. The summed E-state index contributed by atoms with van der Waals surface area (Å²) in [5, 5.41) is 3.47. The van der Waals surface area contributed by atoms with Crippen LogP contribution in [-0.4, -0.2) is 32.9 Å². The Kier molecular flexibility index (Phi) is 5.63. The predicted octanol–water partition coefficient (Wildman–Crippen LogP) is 4.92. The van der Waals surface area contributed by atoms with Gasteiger partial charge in [0.15, 0.2) is 5.82 Å². The van der Waals surface area contributed by atoms with Gasteiger partial charge in [-0.1, -0.05) is 6.08 Å². The third-order valence-corrected chi connectivity index (χ3v) is 4.54. The van der Waals surface area contributed by atoms with Gasteiger partial charge in [0, 0.05) is 11.9 Å². The van der Waals surface area contributed by atoms with Crippen molar-refractivity contribution in [2.75, 3.05) is 5.32 Å². The van der Waals surface area contributed by atoms with Crippen LogP contribution in [0.5, 0.6) is 0 Å². The van der Waals surface area contributed by atoms with Crippen molar-refractivity contribution < 1.29 is 9.53 Å². The van der Waals surface area contributed by atoms with Crippen molar-refractivity contribution in [3.8, 4) is 0 Å². The van der Waals surface area contributed by atoms with Crippen molar-refractivity contribution in [1.82, 2.24) is 14.5 Å². The highest BCUT2D eigenvalue weighted by atomic mass is 16.6. The minimum atomic E-state index is -0.532. The van der Waals surface area contributed by atoms with Gasteiger partial charge in [-0.15, -0.1) is 0 Å². The number of aromatic nitrogens is 3. The summed E-state index contributed by atoms with van der Waals surface area (Å²) in [5.41, 5.74) is 2.87. The van der Waals surface area contributed by atoms with Crippen LogP contribution in [0.2, 0.25) is 0 Å². The molecule has 0 aromatic carbocycles. The molecule has 0 radical (unpaired) electrons. The zero-order valence-electron chi connectivity index (χ0n) is 16.9. The first-order chi connectivity index (χ1) is 13.3. The van der Waals surface area contributed by atoms with Crippen LogP contribution in [0.4, 0.5) is 16.3 Å². The van der Waals surface area contributed by atoms with Crippen molar-refractivity contribution in [2.24, 2.45) is 4.99 Å². The van der Waals surface area contributed by atoms with Gasteiger partial charge in [-0.3, -0.25) is 9.56 Å². The number of ether oxygens (including phenoxy) is 1. The Morgan fingerprint density at radius 3 is 2.89 bits per heavy atom. The summed E-state index contributed by atoms with van der Waals surface area (Å²) in [7, 11) is 0. The Morgan fingerprint density at radius 1 is 1.43 bits per heavy atom. The van der Waals surface area contributed by atoms with Crippen LogP contribution in [0.1, 0.15) is 63.5 Å². The highest BCUT2D eigenvalue weighted by Crippen LogP contribution is 2.36. The van der Waals surface area contributed by atoms with Crippen molar-refractivity contribution >= 4 is 30.4 Å². The normalized spacial score (nSPS) is 16.6. The van der Waals surface area contributed by atoms with Gasteiger partial charge in [-0.2, -0.15) is 0 Å². The Balaban J connectivity index is 1.89. The first-order valence-electron chi connectivity index (χ1n) is 9.48. The van der Waals surface area contributed by atoms with Gasteiger partial charge in [0.05, 0.1) is 11.7 Å². The molecule has 7 nitrogen and oxygen atoms in total. The average Bonchev–Trinajstić information content (AvgIpc) is 3.06. The largest absolute Gasteiger partial charge is 0.443 e. The molecule has 1 aliphatic carbocycles. The third kappa shape index (κ3) is 4.13. The van der Waals surface area contributed by atoms with Crippen LogP contribution in [0.25, 0.3) is 6.08 Å². The quantitative estimate of drug-likeness (QED) is 0.761. The molecule has 2 aromatic rings. The van der Waals surface area contributed by atoms with E-state index < -0.39 is 5.60 Å². The standard InChI is InChI=1S/C21H27N5O2/c1-6-8-16-18(22-5)19(24-13-23-16)25-15-9-7-10-17-14(15)11-12-26(17)20(27)28-21(2,3)4/h6,8,11-13,15H,5,7,9-10H2,1-4H3,(H,23,24,25)/b8-6-. The highest BCUT2D eigenvalue weighted by molar-refractivity contribution is 5.74. The van der Waals surface area contributed by atoms with E-state index in [1.807, 2.05) is 45.9 Å². The first-order valence-corrected chi connectivity index (χ1v) is 9.48. The molecule has 0 saturated heterocycles. The molecule has 148 valence electrons. The molecule has 1 N–H and O–H groups in total. The van der Waals surface area contributed by atoms with Gasteiger partial charge >= 0.3 is 6.09 Å².